The number of hydrogen-bond donors (Lipinski definition) is 2. The summed E-state index contributed by atoms with van der Waals surface area (Å²) in [6, 6.07) is 3.98. The first-order valence-electron chi connectivity index (χ1n) is 6.64. The lowest BCUT2D eigenvalue weighted by Gasteiger charge is -2.28. The molecule has 1 unspecified atom stereocenters. The Morgan fingerprint density at radius 1 is 1.39 bits per heavy atom. The third kappa shape index (κ3) is 2.19. The molecule has 1 aromatic carbocycles. The fourth-order valence-electron chi connectivity index (χ4n) is 2.72. The standard InChI is InChI=1S/C15H23NO2/c1-10(2)11-8-12(14(18-4)13(17)9-11)15(3)6-5-7-16-15/h8-10,16-17H,5-7H2,1-4H3. The van der Waals surface area contributed by atoms with E-state index in [0.29, 0.717) is 11.7 Å². The summed E-state index contributed by atoms with van der Waals surface area (Å²) in [5.41, 5.74) is 2.14. The number of phenolic OH excluding ortho intramolecular Hbond substituents is 1. The molecule has 18 heavy (non-hydrogen) atoms. The smallest absolute Gasteiger partial charge is 0.165 e. The van der Waals surface area contributed by atoms with Gasteiger partial charge in [0.15, 0.2) is 11.5 Å². The minimum Gasteiger partial charge on any atom is -0.504 e. The van der Waals surface area contributed by atoms with Crippen LogP contribution >= 0.6 is 0 Å². The predicted molar refractivity (Wildman–Crippen MR) is 73.3 cm³/mol. The van der Waals surface area contributed by atoms with Gasteiger partial charge in [-0.1, -0.05) is 13.8 Å². The molecule has 2 N–H and O–H groups in total. The summed E-state index contributed by atoms with van der Waals surface area (Å²) in [5, 5.41) is 13.7. The van der Waals surface area contributed by atoms with Crippen LogP contribution in [0.15, 0.2) is 12.1 Å². The van der Waals surface area contributed by atoms with Gasteiger partial charge in [0, 0.05) is 11.1 Å². The Bertz CT molecular complexity index is 434. The number of hydrogen-bond acceptors (Lipinski definition) is 3. The molecule has 0 aliphatic carbocycles. The highest BCUT2D eigenvalue weighted by molar-refractivity contribution is 5.52. The van der Waals surface area contributed by atoms with E-state index in [1.807, 2.05) is 6.07 Å². The summed E-state index contributed by atoms with van der Waals surface area (Å²) in [4.78, 5) is 0. The van der Waals surface area contributed by atoms with Crippen LogP contribution in [0, 0.1) is 0 Å². The maximum atomic E-state index is 10.1. The maximum Gasteiger partial charge on any atom is 0.165 e. The molecule has 1 atom stereocenters. The molecule has 0 aromatic heterocycles. The SMILES string of the molecule is COc1c(O)cc(C(C)C)cc1C1(C)CCCN1. The van der Waals surface area contributed by atoms with E-state index in [4.69, 9.17) is 4.74 Å². The van der Waals surface area contributed by atoms with Gasteiger partial charge in [-0.2, -0.15) is 0 Å². The van der Waals surface area contributed by atoms with Gasteiger partial charge in [-0.25, -0.2) is 0 Å². The Kier molecular flexibility index (Phi) is 3.53. The number of benzene rings is 1. The molecule has 1 saturated heterocycles. The van der Waals surface area contributed by atoms with Crippen LogP contribution in [-0.2, 0) is 5.54 Å². The second-order valence-electron chi connectivity index (χ2n) is 5.64. The van der Waals surface area contributed by atoms with E-state index < -0.39 is 0 Å². The average molecular weight is 249 g/mol. The van der Waals surface area contributed by atoms with Crippen LogP contribution in [-0.4, -0.2) is 18.8 Å². The molecular weight excluding hydrogens is 226 g/mol. The molecule has 1 aromatic rings. The van der Waals surface area contributed by atoms with Crippen molar-refractivity contribution in [2.24, 2.45) is 0 Å². The third-order valence-corrected chi connectivity index (χ3v) is 3.93. The van der Waals surface area contributed by atoms with Gasteiger partial charge in [-0.05, 0) is 49.9 Å². The molecule has 0 spiro atoms. The second kappa shape index (κ2) is 4.81. The molecule has 2 rings (SSSR count). The van der Waals surface area contributed by atoms with Crippen molar-refractivity contribution in [1.29, 1.82) is 0 Å². The van der Waals surface area contributed by atoms with Gasteiger partial charge in [0.1, 0.15) is 0 Å². The lowest BCUT2D eigenvalue weighted by atomic mass is 9.86. The van der Waals surface area contributed by atoms with Crippen LogP contribution in [0.5, 0.6) is 11.5 Å². The zero-order valence-electron chi connectivity index (χ0n) is 11.7. The number of methoxy groups -OCH3 is 1. The fraction of sp³-hybridized carbons (Fsp3) is 0.600. The van der Waals surface area contributed by atoms with Crippen molar-refractivity contribution in [1.82, 2.24) is 5.32 Å². The molecule has 3 nitrogen and oxygen atoms in total. The summed E-state index contributed by atoms with van der Waals surface area (Å²) in [6.07, 6.45) is 2.23. The molecular formula is C15H23NO2. The Hall–Kier alpha value is -1.22. The monoisotopic (exact) mass is 249 g/mol. The van der Waals surface area contributed by atoms with Crippen molar-refractivity contribution in [3.05, 3.63) is 23.3 Å². The first-order chi connectivity index (χ1) is 8.48. The van der Waals surface area contributed by atoms with Crippen LogP contribution in [0.2, 0.25) is 0 Å². The van der Waals surface area contributed by atoms with Gasteiger partial charge in [0.05, 0.1) is 7.11 Å². The highest BCUT2D eigenvalue weighted by Crippen LogP contribution is 2.42. The maximum absolute atomic E-state index is 10.1. The van der Waals surface area contributed by atoms with Gasteiger partial charge >= 0.3 is 0 Å². The fourth-order valence-corrected chi connectivity index (χ4v) is 2.72. The quantitative estimate of drug-likeness (QED) is 0.864. The summed E-state index contributed by atoms with van der Waals surface area (Å²) in [5.74, 6) is 1.25. The van der Waals surface area contributed by atoms with Crippen molar-refractivity contribution in [3.63, 3.8) is 0 Å². The van der Waals surface area contributed by atoms with Crippen LogP contribution in [0.1, 0.15) is 50.7 Å². The number of phenols is 1. The van der Waals surface area contributed by atoms with E-state index in [-0.39, 0.29) is 11.3 Å². The molecule has 0 radical (unpaired) electrons. The van der Waals surface area contributed by atoms with Crippen LogP contribution in [0.25, 0.3) is 0 Å². The molecule has 0 amide bonds. The first-order valence-corrected chi connectivity index (χ1v) is 6.64. The highest BCUT2D eigenvalue weighted by atomic mass is 16.5. The molecule has 1 aliphatic heterocycles. The minimum absolute atomic E-state index is 0.0896. The van der Waals surface area contributed by atoms with Crippen molar-refractivity contribution >= 4 is 0 Å². The molecule has 100 valence electrons. The predicted octanol–water partition coefficient (Wildman–Crippen LogP) is 3.12. The summed E-state index contributed by atoms with van der Waals surface area (Å²) < 4.78 is 5.40. The van der Waals surface area contributed by atoms with Crippen LogP contribution in [0.4, 0.5) is 0 Å². The zero-order chi connectivity index (χ0) is 13.3. The van der Waals surface area contributed by atoms with E-state index in [0.717, 1.165) is 30.5 Å². The number of nitrogens with one attached hydrogen (secondary N) is 1. The van der Waals surface area contributed by atoms with Gasteiger partial charge in [0.25, 0.3) is 0 Å². The molecule has 1 fully saturated rings. The van der Waals surface area contributed by atoms with E-state index in [2.05, 4.69) is 32.2 Å². The van der Waals surface area contributed by atoms with Gasteiger partial charge in [0.2, 0.25) is 0 Å². The van der Waals surface area contributed by atoms with Crippen molar-refractivity contribution < 1.29 is 9.84 Å². The van der Waals surface area contributed by atoms with E-state index in [1.165, 1.54) is 0 Å². The van der Waals surface area contributed by atoms with Gasteiger partial charge in [-0.3, -0.25) is 0 Å². The van der Waals surface area contributed by atoms with Gasteiger partial charge in [-0.15, -0.1) is 0 Å². The normalized spacial score (nSPS) is 23.6. The summed E-state index contributed by atoms with van der Waals surface area (Å²) in [7, 11) is 1.62. The lowest BCUT2D eigenvalue weighted by Crippen LogP contribution is -2.33. The molecule has 3 heteroatoms. The molecule has 1 heterocycles. The minimum atomic E-state index is -0.0896. The van der Waals surface area contributed by atoms with Crippen LogP contribution in [0.3, 0.4) is 0 Å². The van der Waals surface area contributed by atoms with Crippen molar-refractivity contribution in [2.75, 3.05) is 13.7 Å². The Morgan fingerprint density at radius 3 is 2.61 bits per heavy atom. The van der Waals surface area contributed by atoms with Crippen molar-refractivity contribution in [2.45, 2.75) is 45.1 Å². The first kappa shape index (κ1) is 13.2. The largest absolute Gasteiger partial charge is 0.504 e. The van der Waals surface area contributed by atoms with Crippen LogP contribution < -0.4 is 10.1 Å². The Labute approximate surface area is 109 Å². The Morgan fingerprint density at radius 2 is 2.11 bits per heavy atom. The van der Waals surface area contributed by atoms with E-state index in [9.17, 15) is 5.11 Å². The Balaban J connectivity index is 2.55. The van der Waals surface area contributed by atoms with E-state index >= 15 is 0 Å². The number of aromatic hydroxyl groups is 1. The summed E-state index contributed by atoms with van der Waals surface area (Å²) in [6.45, 7) is 7.47. The third-order valence-electron chi connectivity index (χ3n) is 3.93. The van der Waals surface area contributed by atoms with Crippen molar-refractivity contribution in [3.8, 4) is 11.5 Å². The topological polar surface area (TPSA) is 41.5 Å². The molecule has 0 bridgehead atoms. The lowest BCUT2D eigenvalue weighted by molar-refractivity contribution is 0.344. The number of ether oxygens (including phenoxy) is 1. The number of rotatable bonds is 3. The zero-order valence-corrected chi connectivity index (χ0v) is 11.7. The highest BCUT2D eigenvalue weighted by Gasteiger charge is 2.34. The van der Waals surface area contributed by atoms with Gasteiger partial charge < -0.3 is 15.2 Å². The molecule has 1 aliphatic rings. The summed E-state index contributed by atoms with van der Waals surface area (Å²) >= 11 is 0. The molecule has 0 saturated carbocycles. The second-order valence-corrected chi connectivity index (χ2v) is 5.64. The average Bonchev–Trinajstić information content (AvgIpc) is 2.76. The van der Waals surface area contributed by atoms with E-state index in [1.54, 1.807) is 7.11 Å².